The molecule has 0 fully saturated rings. The van der Waals surface area contributed by atoms with Crippen molar-refractivity contribution in [2.24, 2.45) is 5.11 Å². The number of carbonyl (C=O) groups is 1. The lowest BCUT2D eigenvalue weighted by Gasteiger charge is -2.21. The van der Waals surface area contributed by atoms with Gasteiger partial charge in [-0.1, -0.05) is 11.2 Å². The van der Waals surface area contributed by atoms with Crippen molar-refractivity contribution in [1.29, 1.82) is 0 Å². The van der Waals surface area contributed by atoms with E-state index in [1.54, 1.807) is 0 Å². The number of nitrogens with zero attached hydrogens (tertiary/aromatic N) is 3. The monoisotopic (exact) mass is 197 g/mol. The Bertz CT molecular complexity index is 307. The van der Waals surface area contributed by atoms with Crippen LogP contribution in [0.15, 0.2) is 16.8 Å². The van der Waals surface area contributed by atoms with Crippen molar-refractivity contribution in [1.82, 2.24) is 0 Å². The van der Waals surface area contributed by atoms with E-state index >= 15 is 0 Å². The van der Waals surface area contributed by atoms with Crippen LogP contribution >= 0.6 is 0 Å². The molecule has 0 aliphatic heterocycles. The van der Waals surface area contributed by atoms with Crippen LogP contribution in [-0.4, -0.2) is 30.3 Å². The van der Waals surface area contributed by atoms with Gasteiger partial charge in [0.2, 0.25) is 0 Å². The zero-order chi connectivity index (χ0) is 10.6. The third kappa shape index (κ3) is 2.25. The Morgan fingerprint density at radius 2 is 2.57 bits per heavy atom. The quantitative estimate of drug-likeness (QED) is 0.308. The lowest BCUT2D eigenvalue weighted by molar-refractivity contribution is -0.136. The zero-order valence-electron chi connectivity index (χ0n) is 7.75. The molecule has 0 spiro atoms. The van der Waals surface area contributed by atoms with Gasteiger partial charge in [0.1, 0.15) is 0 Å². The van der Waals surface area contributed by atoms with E-state index in [-0.39, 0.29) is 0 Å². The normalized spacial score (nSPS) is 26.0. The molecular formula is C8H11N3O3. The first-order chi connectivity index (χ1) is 6.69. The molecule has 14 heavy (non-hydrogen) atoms. The van der Waals surface area contributed by atoms with Gasteiger partial charge in [0.25, 0.3) is 0 Å². The summed E-state index contributed by atoms with van der Waals surface area (Å²) >= 11 is 0. The number of aliphatic hydroxyl groups excluding tert-OH is 1. The highest BCUT2D eigenvalue weighted by Gasteiger charge is 2.24. The lowest BCUT2D eigenvalue weighted by Crippen LogP contribution is -2.27. The summed E-state index contributed by atoms with van der Waals surface area (Å²) in [5.41, 5.74) is 8.67. The van der Waals surface area contributed by atoms with E-state index in [1.165, 1.54) is 13.2 Å². The number of carbonyl (C=O) groups excluding carboxylic acids is 1. The van der Waals surface area contributed by atoms with E-state index in [1.807, 2.05) is 0 Å². The van der Waals surface area contributed by atoms with Gasteiger partial charge >= 0.3 is 5.97 Å². The molecule has 0 saturated carbocycles. The van der Waals surface area contributed by atoms with Gasteiger partial charge in [-0.25, -0.2) is 4.79 Å². The third-order valence-electron chi connectivity index (χ3n) is 2.11. The lowest BCUT2D eigenvalue weighted by atomic mass is 9.94. The number of rotatable bonds is 2. The molecule has 0 amide bonds. The van der Waals surface area contributed by atoms with Gasteiger partial charge in [0.05, 0.1) is 19.3 Å². The topological polar surface area (TPSA) is 95.3 Å². The van der Waals surface area contributed by atoms with Crippen molar-refractivity contribution >= 4 is 5.97 Å². The first kappa shape index (κ1) is 10.6. The summed E-state index contributed by atoms with van der Waals surface area (Å²) < 4.78 is 4.53. The van der Waals surface area contributed by atoms with E-state index < -0.39 is 18.1 Å². The molecule has 1 rings (SSSR count). The molecule has 0 bridgehead atoms. The maximum Gasteiger partial charge on any atom is 0.333 e. The predicted octanol–water partition coefficient (Wildman–Crippen LogP) is 0.919. The van der Waals surface area contributed by atoms with E-state index in [4.69, 9.17) is 5.53 Å². The van der Waals surface area contributed by atoms with Crippen LogP contribution in [-0.2, 0) is 9.53 Å². The maximum atomic E-state index is 11.1. The summed E-state index contributed by atoms with van der Waals surface area (Å²) in [6.07, 6.45) is 1.61. The van der Waals surface area contributed by atoms with Gasteiger partial charge in [-0.05, 0) is 18.4 Å². The summed E-state index contributed by atoms with van der Waals surface area (Å²) in [7, 11) is 1.29. The minimum absolute atomic E-state index is 0.407. The van der Waals surface area contributed by atoms with Crippen molar-refractivity contribution < 1.29 is 14.6 Å². The number of aliphatic hydroxyl groups is 1. The SMILES string of the molecule is COC(=O)C1=C[C@H](N=[N+]=[N-])[C@H](O)CC1. The van der Waals surface area contributed by atoms with Crippen LogP contribution in [0.1, 0.15) is 12.8 Å². The first-order valence-corrected chi connectivity index (χ1v) is 4.20. The number of esters is 1. The summed E-state index contributed by atoms with van der Waals surface area (Å²) in [5.74, 6) is -0.435. The number of hydrogen-bond acceptors (Lipinski definition) is 4. The smallest absolute Gasteiger partial charge is 0.333 e. The van der Waals surface area contributed by atoms with Crippen LogP contribution in [0, 0.1) is 0 Å². The molecule has 6 heteroatoms. The van der Waals surface area contributed by atoms with Crippen molar-refractivity contribution in [3.05, 3.63) is 22.1 Å². The maximum absolute atomic E-state index is 11.1. The Kier molecular flexibility index (Phi) is 3.50. The summed E-state index contributed by atoms with van der Waals surface area (Å²) in [5, 5.41) is 12.8. The van der Waals surface area contributed by atoms with Crippen molar-refractivity contribution in [3.63, 3.8) is 0 Å². The van der Waals surface area contributed by atoms with Gasteiger partial charge < -0.3 is 9.84 Å². The minimum atomic E-state index is -0.709. The number of azide groups is 1. The van der Waals surface area contributed by atoms with Crippen molar-refractivity contribution in [3.8, 4) is 0 Å². The van der Waals surface area contributed by atoms with Crippen molar-refractivity contribution in [2.45, 2.75) is 25.0 Å². The zero-order valence-corrected chi connectivity index (χ0v) is 7.75. The Balaban J connectivity index is 2.84. The van der Waals surface area contributed by atoms with Gasteiger partial charge in [0.15, 0.2) is 0 Å². The summed E-state index contributed by atoms with van der Waals surface area (Å²) in [4.78, 5) is 13.7. The Hall–Kier alpha value is -1.52. The highest BCUT2D eigenvalue weighted by atomic mass is 16.5. The van der Waals surface area contributed by atoms with Gasteiger partial charge in [-0.3, -0.25) is 0 Å². The highest BCUT2D eigenvalue weighted by molar-refractivity contribution is 5.88. The fourth-order valence-corrected chi connectivity index (χ4v) is 1.35. The molecular weight excluding hydrogens is 186 g/mol. The number of methoxy groups -OCH3 is 1. The Morgan fingerprint density at radius 3 is 3.14 bits per heavy atom. The van der Waals surface area contributed by atoms with E-state index in [0.717, 1.165) is 0 Å². The molecule has 1 N–H and O–H groups in total. The minimum Gasteiger partial charge on any atom is -0.466 e. The Labute approximate surface area is 80.8 Å². The molecule has 0 heterocycles. The van der Waals surface area contributed by atoms with Crippen LogP contribution in [0.5, 0.6) is 0 Å². The van der Waals surface area contributed by atoms with Gasteiger partial charge in [-0.15, -0.1) is 0 Å². The average Bonchev–Trinajstić information content (AvgIpc) is 2.20. The molecule has 0 aromatic rings. The van der Waals surface area contributed by atoms with Crippen LogP contribution in [0.2, 0.25) is 0 Å². The molecule has 6 nitrogen and oxygen atoms in total. The highest BCUT2D eigenvalue weighted by Crippen LogP contribution is 2.21. The summed E-state index contributed by atoms with van der Waals surface area (Å²) in [6.45, 7) is 0. The van der Waals surface area contributed by atoms with Crippen LogP contribution in [0.3, 0.4) is 0 Å². The number of ether oxygens (including phenoxy) is 1. The van der Waals surface area contributed by atoms with E-state index in [0.29, 0.717) is 18.4 Å². The molecule has 0 aromatic carbocycles. The van der Waals surface area contributed by atoms with Crippen molar-refractivity contribution in [2.75, 3.05) is 7.11 Å². The van der Waals surface area contributed by atoms with Gasteiger partial charge in [0, 0.05) is 10.5 Å². The third-order valence-corrected chi connectivity index (χ3v) is 2.11. The molecule has 2 atom stereocenters. The second-order valence-electron chi connectivity index (χ2n) is 2.99. The van der Waals surface area contributed by atoms with E-state index in [2.05, 4.69) is 14.8 Å². The second kappa shape index (κ2) is 4.64. The largest absolute Gasteiger partial charge is 0.466 e. The first-order valence-electron chi connectivity index (χ1n) is 4.20. The molecule has 0 unspecified atom stereocenters. The molecule has 0 saturated heterocycles. The standard InChI is InChI=1S/C8H11N3O3/c1-14-8(13)5-2-3-7(12)6(4-5)10-11-9/h4,6-7,12H,2-3H2,1H3/t6-,7+/m0/s1. The van der Waals surface area contributed by atoms with Gasteiger partial charge in [-0.2, -0.15) is 0 Å². The molecule has 0 radical (unpaired) electrons. The van der Waals surface area contributed by atoms with Crippen LogP contribution in [0.4, 0.5) is 0 Å². The van der Waals surface area contributed by atoms with Crippen LogP contribution < -0.4 is 0 Å². The fraction of sp³-hybridized carbons (Fsp3) is 0.625. The molecule has 1 aliphatic rings. The average molecular weight is 197 g/mol. The fourth-order valence-electron chi connectivity index (χ4n) is 1.35. The Morgan fingerprint density at radius 1 is 1.86 bits per heavy atom. The summed E-state index contributed by atoms with van der Waals surface area (Å²) in [6, 6.07) is -0.664. The number of hydrogen-bond donors (Lipinski definition) is 1. The van der Waals surface area contributed by atoms with Crippen LogP contribution in [0.25, 0.3) is 10.4 Å². The second-order valence-corrected chi connectivity index (χ2v) is 2.99. The van der Waals surface area contributed by atoms with E-state index in [9.17, 15) is 9.90 Å². The predicted molar refractivity (Wildman–Crippen MR) is 48.3 cm³/mol. The molecule has 0 aromatic heterocycles. The molecule has 1 aliphatic carbocycles. The molecule has 76 valence electrons.